The smallest absolute Gasteiger partial charge is 0.128 e. The fourth-order valence-electron chi connectivity index (χ4n) is 2.09. The second-order valence-corrected chi connectivity index (χ2v) is 5.17. The van der Waals surface area contributed by atoms with Crippen molar-refractivity contribution in [3.8, 4) is 0 Å². The van der Waals surface area contributed by atoms with Gasteiger partial charge >= 0.3 is 0 Å². The maximum atomic E-state index is 4.51. The highest BCUT2D eigenvalue weighted by atomic mass is 32.1. The standard InChI is InChI=1S/C13H12N2S/c1-7-4-5-10-11(6-7)16-13-12(10)8(2)14-9(3)15-13/h4-6H,1-3H3. The van der Waals surface area contributed by atoms with E-state index < -0.39 is 0 Å². The van der Waals surface area contributed by atoms with Crippen molar-refractivity contribution in [3.05, 3.63) is 35.3 Å². The van der Waals surface area contributed by atoms with Gasteiger partial charge in [0.05, 0.1) is 5.69 Å². The molecule has 2 nitrogen and oxygen atoms in total. The van der Waals surface area contributed by atoms with E-state index in [4.69, 9.17) is 0 Å². The van der Waals surface area contributed by atoms with Gasteiger partial charge in [-0.3, -0.25) is 0 Å². The third-order valence-corrected chi connectivity index (χ3v) is 3.83. The molecule has 80 valence electrons. The molecule has 0 bridgehead atoms. The van der Waals surface area contributed by atoms with Crippen LogP contribution in [0.4, 0.5) is 0 Å². The summed E-state index contributed by atoms with van der Waals surface area (Å²) in [6, 6.07) is 6.54. The Labute approximate surface area is 98.0 Å². The van der Waals surface area contributed by atoms with Gasteiger partial charge in [0.15, 0.2) is 0 Å². The Kier molecular flexibility index (Phi) is 1.98. The average Bonchev–Trinajstić information content (AvgIpc) is 2.54. The minimum atomic E-state index is 0.855. The number of rotatable bonds is 0. The molecule has 0 aliphatic heterocycles. The molecule has 0 atom stereocenters. The van der Waals surface area contributed by atoms with Crippen LogP contribution in [-0.4, -0.2) is 9.97 Å². The van der Waals surface area contributed by atoms with Crippen molar-refractivity contribution in [2.24, 2.45) is 0 Å². The lowest BCUT2D eigenvalue weighted by Crippen LogP contribution is -1.90. The monoisotopic (exact) mass is 228 g/mol. The molecular formula is C13H12N2S. The summed E-state index contributed by atoms with van der Waals surface area (Å²) in [5.74, 6) is 0.855. The molecular weight excluding hydrogens is 216 g/mol. The fraction of sp³-hybridized carbons (Fsp3) is 0.231. The molecule has 0 fully saturated rings. The number of thiophene rings is 1. The Morgan fingerprint density at radius 2 is 1.88 bits per heavy atom. The molecule has 2 aromatic heterocycles. The highest BCUT2D eigenvalue weighted by molar-refractivity contribution is 7.25. The molecule has 1 aromatic carbocycles. The zero-order valence-electron chi connectivity index (χ0n) is 9.53. The van der Waals surface area contributed by atoms with Gasteiger partial charge in [0, 0.05) is 15.5 Å². The van der Waals surface area contributed by atoms with Gasteiger partial charge in [0.25, 0.3) is 0 Å². The van der Waals surface area contributed by atoms with Gasteiger partial charge in [-0.25, -0.2) is 9.97 Å². The van der Waals surface area contributed by atoms with Crippen LogP contribution in [0, 0.1) is 20.8 Å². The average molecular weight is 228 g/mol. The molecule has 2 heterocycles. The number of nitrogens with zero attached hydrogens (tertiary/aromatic N) is 2. The summed E-state index contributed by atoms with van der Waals surface area (Å²) < 4.78 is 1.30. The second kappa shape index (κ2) is 3.25. The number of hydrogen-bond acceptors (Lipinski definition) is 3. The summed E-state index contributed by atoms with van der Waals surface area (Å²) in [4.78, 5) is 10.1. The number of hydrogen-bond donors (Lipinski definition) is 0. The van der Waals surface area contributed by atoms with Gasteiger partial charge in [-0.15, -0.1) is 11.3 Å². The van der Waals surface area contributed by atoms with E-state index in [-0.39, 0.29) is 0 Å². The SMILES string of the molecule is Cc1ccc2c(c1)sc1nc(C)nc(C)c12. The van der Waals surface area contributed by atoms with Crippen molar-refractivity contribution in [1.29, 1.82) is 0 Å². The van der Waals surface area contributed by atoms with Crippen molar-refractivity contribution >= 4 is 31.6 Å². The molecule has 3 rings (SSSR count). The van der Waals surface area contributed by atoms with Crippen LogP contribution in [0.15, 0.2) is 18.2 Å². The van der Waals surface area contributed by atoms with Crippen molar-refractivity contribution in [2.75, 3.05) is 0 Å². The second-order valence-electron chi connectivity index (χ2n) is 4.14. The van der Waals surface area contributed by atoms with E-state index in [0.717, 1.165) is 16.3 Å². The molecule has 3 heteroatoms. The van der Waals surface area contributed by atoms with Crippen LogP contribution in [0.25, 0.3) is 20.3 Å². The molecule has 0 amide bonds. The van der Waals surface area contributed by atoms with Crippen molar-refractivity contribution < 1.29 is 0 Å². The Morgan fingerprint density at radius 3 is 2.69 bits per heavy atom. The number of fused-ring (bicyclic) bond motifs is 3. The van der Waals surface area contributed by atoms with Crippen molar-refractivity contribution in [2.45, 2.75) is 20.8 Å². The van der Waals surface area contributed by atoms with E-state index >= 15 is 0 Å². The van der Waals surface area contributed by atoms with Crippen LogP contribution in [0.1, 0.15) is 17.1 Å². The normalized spacial score (nSPS) is 11.4. The quantitative estimate of drug-likeness (QED) is 0.585. The largest absolute Gasteiger partial charge is 0.238 e. The highest BCUT2D eigenvalue weighted by Crippen LogP contribution is 2.34. The van der Waals surface area contributed by atoms with Crippen LogP contribution in [0.5, 0.6) is 0 Å². The molecule has 0 unspecified atom stereocenters. The first-order valence-electron chi connectivity index (χ1n) is 5.29. The molecule has 0 radical (unpaired) electrons. The van der Waals surface area contributed by atoms with Crippen LogP contribution in [-0.2, 0) is 0 Å². The first kappa shape index (κ1) is 9.73. The predicted molar refractivity (Wildman–Crippen MR) is 69.1 cm³/mol. The minimum Gasteiger partial charge on any atom is -0.238 e. The van der Waals surface area contributed by atoms with Crippen LogP contribution in [0.3, 0.4) is 0 Å². The van der Waals surface area contributed by atoms with Gasteiger partial charge in [0.1, 0.15) is 10.7 Å². The molecule has 0 N–H and O–H groups in total. The van der Waals surface area contributed by atoms with E-state index in [2.05, 4.69) is 42.0 Å². The van der Waals surface area contributed by atoms with Crippen LogP contribution >= 0.6 is 11.3 Å². The van der Waals surface area contributed by atoms with Gasteiger partial charge in [-0.1, -0.05) is 12.1 Å². The maximum absolute atomic E-state index is 4.51. The van der Waals surface area contributed by atoms with Crippen molar-refractivity contribution in [1.82, 2.24) is 9.97 Å². The van der Waals surface area contributed by atoms with Gasteiger partial charge < -0.3 is 0 Å². The van der Waals surface area contributed by atoms with E-state index in [1.54, 1.807) is 11.3 Å². The summed E-state index contributed by atoms with van der Waals surface area (Å²) in [5, 5.41) is 2.49. The molecule has 3 aromatic rings. The third kappa shape index (κ3) is 1.32. The molecule has 0 spiro atoms. The lowest BCUT2D eigenvalue weighted by atomic mass is 10.1. The number of aryl methyl sites for hydroxylation is 3. The maximum Gasteiger partial charge on any atom is 0.128 e. The number of aromatic nitrogens is 2. The molecule has 0 aliphatic carbocycles. The van der Waals surface area contributed by atoms with E-state index in [1.165, 1.54) is 21.0 Å². The molecule has 0 aliphatic rings. The first-order valence-corrected chi connectivity index (χ1v) is 6.11. The summed E-state index contributed by atoms with van der Waals surface area (Å²) >= 11 is 1.75. The summed E-state index contributed by atoms with van der Waals surface area (Å²) in [6.45, 7) is 6.12. The van der Waals surface area contributed by atoms with E-state index in [0.29, 0.717) is 0 Å². The third-order valence-electron chi connectivity index (χ3n) is 2.78. The van der Waals surface area contributed by atoms with Crippen LogP contribution < -0.4 is 0 Å². The van der Waals surface area contributed by atoms with Crippen molar-refractivity contribution in [3.63, 3.8) is 0 Å². The molecule has 16 heavy (non-hydrogen) atoms. The topological polar surface area (TPSA) is 25.8 Å². The lowest BCUT2D eigenvalue weighted by molar-refractivity contribution is 1.06. The lowest BCUT2D eigenvalue weighted by Gasteiger charge is -1.98. The Balaban J connectivity index is 2.56. The van der Waals surface area contributed by atoms with E-state index in [9.17, 15) is 0 Å². The summed E-state index contributed by atoms with van der Waals surface area (Å²) in [7, 11) is 0. The summed E-state index contributed by atoms with van der Waals surface area (Å²) in [6.07, 6.45) is 0. The van der Waals surface area contributed by atoms with Gasteiger partial charge in [-0.2, -0.15) is 0 Å². The molecule has 0 saturated carbocycles. The molecule has 0 saturated heterocycles. The Morgan fingerprint density at radius 1 is 1.06 bits per heavy atom. The first-order chi connectivity index (χ1) is 7.65. The fourth-order valence-corrected chi connectivity index (χ4v) is 3.36. The number of benzene rings is 1. The predicted octanol–water partition coefficient (Wildman–Crippen LogP) is 3.77. The Hall–Kier alpha value is -1.48. The minimum absolute atomic E-state index is 0.855. The summed E-state index contributed by atoms with van der Waals surface area (Å²) in [5.41, 5.74) is 2.37. The zero-order valence-corrected chi connectivity index (χ0v) is 10.4. The Bertz CT molecular complexity index is 698. The zero-order chi connectivity index (χ0) is 11.3. The highest BCUT2D eigenvalue weighted by Gasteiger charge is 2.09. The van der Waals surface area contributed by atoms with Crippen LogP contribution in [0.2, 0.25) is 0 Å². The van der Waals surface area contributed by atoms with Gasteiger partial charge in [0.2, 0.25) is 0 Å². The van der Waals surface area contributed by atoms with E-state index in [1.807, 2.05) is 6.92 Å². The van der Waals surface area contributed by atoms with Gasteiger partial charge in [-0.05, 0) is 32.4 Å².